The first kappa shape index (κ1) is 14.8. The van der Waals surface area contributed by atoms with Crippen LogP contribution in [-0.2, 0) is 13.1 Å². The van der Waals surface area contributed by atoms with Crippen molar-refractivity contribution in [1.29, 1.82) is 0 Å². The van der Waals surface area contributed by atoms with Gasteiger partial charge in [0.05, 0.1) is 0 Å². The average molecular weight is 289 g/mol. The van der Waals surface area contributed by atoms with Gasteiger partial charge in [0.15, 0.2) is 0 Å². The van der Waals surface area contributed by atoms with Crippen molar-refractivity contribution in [3.8, 4) is 0 Å². The molecule has 1 aromatic heterocycles. The largest absolute Gasteiger partial charge is 0.331 e. The highest BCUT2D eigenvalue weighted by molar-refractivity contribution is 6.19. The van der Waals surface area contributed by atoms with Gasteiger partial charge in [-0.15, -0.1) is 23.2 Å². The monoisotopic (exact) mass is 288 g/mol. The van der Waals surface area contributed by atoms with Gasteiger partial charge in [0.2, 0.25) is 0 Å². The second kappa shape index (κ2) is 7.95. The van der Waals surface area contributed by atoms with E-state index in [4.69, 9.17) is 23.2 Å². The highest BCUT2D eigenvalue weighted by Crippen LogP contribution is 1.86. The minimum Gasteiger partial charge on any atom is -0.297 e. The molecule has 1 rings (SSSR count). The topological polar surface area (TPSA) is 44.0 Å². The van der Waals surface area contributed by atoms with Crippen molar-refractivity contribution in [2.75, 3.05) is 11.8 Å². The number of rotatable bonds is 6. The fraction of sp³-hybridized carbons (Fsp3) is 0.333. The lowest BCUT2D eigenvalue weighted by Gasteiger charge is -2.05. The summed E-state index contributed by atoms with van der Waals surface area (Å²) in [4.78, 5) is 23.5. The third kappa shape index (κ3) is 4.20. The molecule has 0 atom stereocenters. The van der Waals surface area contributed by atoms with Gasteiger partial charge >= 0.3 is 5.69 Å². The maximum atomic E-state index is 12.0. The van der Waals surface area contributed by atoms with E-state index in [2.05, 4.69) is 0 Å². The van der Waals surface area contributed by atoms with Crippen molar-refractivity contribution in [2.24, 2.45) is 0 Å². The zero-order valence-electron chi connectivity index (χ0n) is 9.76. The van der Waals surface area contributed by atoms with Crippen LogP contribution < -0.4 is 11.2 Å². The fourth-order valence-electron chi connectivity index (χ4n) is 1.36. The van der Waals surface area contributed by atoms with Gasteiger partial charge < -0.3 is 0 Å². The lowest BCUT2D eigenvalue weighted by Crippen LogP contribution is -2.38. The Kier molecular flexibility index (Phi) is 6.54. The Balaban J connectivity index is 2.99. The lowest BCUT2D eigenvalue weighted by molar-refractivity contribution is 0.624. The third-order valence-electron chi connectivity index (χ3n) is 2.24. The summed E-state index contributed by atoms with van der Waals surface area (Å²) in [5.41, 5.74) is -0.669. The molecule has 0 saturated carbocycles. The highest BCUT2D eigenvalue weighted by Gasteiger charge is 2.02. The van der Waals surface area contributed by atoms with Gasteiger partial charge in [0.25, 0.3) is 5.56 Å². The Morgan fingerprint density at radius 2 is 1.61 bits per heavy atom. The number of allylic oxidation sites excluding steroid dienone is 4. The molecule has 0 fully saturated rings. The summed E-state index contributed by atoms with van der Waals surface area (Å²) >= 11 is 11.0. The first-order chi connectivity index (χ1) is 8.70. The smallest absolute Gasteiger partial charge is 0.297 e. The molecule has 98 valence electrons. The van der Waals surface area contributed by atoms with Gasteiger partial charge in [-0.05, 0) is 0 Å². The second-order valence-corrected chi connectivity index (χ2v) is 4.07. The SMILES string of the molecule is O=c1ccn(C/C=C\CCl)c(=O)n1C/C=C\CCl. The zero-order chi connectivity index (χ0) is 13.4. The Bertz CT molecular complexity index is 544. The van der Waals surface area contributed by atoms with E-state index < -0.39 is 0 Å². The molecule has 0 aromatic carbocycles. The van der Waals surface area contributed by atoms with Crippen LogP contribution in [0.5, 0.6) is 0 Å². The minimum absolute atomic E-state index is 0.227. The summed E-state index contributed by atoms with van der Waals surface area (Å²) < 4.78 is 2.59. The zero-order valence-corrected chi connectivity index (χ0v) is 11.3. The van der Waals surface area contributed by atoms with Gasteiger partial charge in [0.1, 0.15) is 0 Å². The Labute approximate surface area is 115 Å². The fourth-order valence-corrected chi connectivity index (χ4v) is 1.61. The molecule has 0 saturated heterocycles. The van der Waals surface area contributed by atoms with Gasteiger partial charge in [-0.25, -0.2) is 4.79 Å². The highest BCUT2D eigenvalue weighted by atomic mass is 35.5. The van der Waals surface area contributed by atoms with E-state index in [1.54, 1.807) is 24.3 Å². The molecule has 0 aliphatic rings. The molecule has 6 heteroatoms. The van der Waals surface area contributed by atoms with Crippen LogP contribution in [0.15, 0.2) is 46.2 Å². The molecule has 18 heavy (non-hydrogen) atoms. The Morgan fingerprint density at radius 1 is 1.00 bits per heavy atom. The molecule has 0 radical (unpaired) electrons. The van der Waals surface area contributed by atoms with Crippen molar-refractivity contribution in [3.05, 3.63) is 57.4 Å². The Morgan fingerprint density at radius 3 is 2.22 bits per heavy atom. The van der Waals surface area contributed by atoms with E-state index >= 15 is 0 Å². The van der Waals surface area contributed by atoms with Gasteiger partial charge in [0, 0.05) is 37.1 Å². The number of alkyl halides is 2. The average Bonchev–Trinajstić information content (AvgIpc) is 2.36. The summed E-state index contributed by atoms with van der Waals surface area (Å²) in [5, 5.41) is 0. The lowest BCUT2D eigenvalue weighted by atomic mass is 10.4. The van der Waals surface area contributed by atoms with Crippen LogP contribution in [0.3, 0.4) is 0 Å². The molecule has 0 aliphatic heterocycles. The summed E-state index contributed by atoms with van der Waals surface area (Å²) in [6.45, 7) is 0.621. The molecule has 0 aliphatic carbocycles. The van der Waals surface area contributed by atoms with Crippen molar-refractivity contribution >= 4 is 23.2 Å². The maximum absolute atomic E-state index is 12.0. The molecule has 0 unspecified atom stereocenters. The number of hydrogen-bond donors (Lipinski definition) is 0. The van der Waals surface area contributed by atoms with E-state index in [1.807, 2.05) is 0 Å². The number of nitrogens with zero attached hydrogens (tertiary/aromatic N) is 2. The van der Waals surface area contributed by atoms with Crippen LogP contribution in [0.4, 0.5) is 0 Å². The van der Waals surface area contributed by atoms with Gasteiger partial charge in [-0.3, -0.25) is 13.9 Å². The maximum Gasteiger partial charge on any atom is 0.331 e. The number of aromatic nitrogens is 2. The predicted octanol–water partition coefficient (Wildman–Crippen LogP) is 1.60. The van der Waals surface area contributed by atoms with Crippen molar-refractivity contribution < 1.29 is 0 Å². The first-order valence-corrected chi connectivity index (χ1v) is 6.49. The van der Waals surface area contributed by atoms with Gasteiger partial charge in [-0.2, -0.15) is 0 Å². The van der Waals surface area contributed by atoms with E-state index in [-0.39, 0.29) is 17.8 Å². The van der Waals surface area contributed by atoms with Crippen molar-refractivity contribution in [2.45, 2.75) is 13.1 Å². The molecule has 0 amide bonds. The molecule has 1 aromatic rings. The summed E-state index contributed by atoms with van der Waals surface area (Å²) in [6.07, 6.45) is 8.38. The summed E-state index contributed by atoms with van der Waals surface area (Å²) in [5.74, 6) is 0.751. The normalized spacial score (nSPS) is 11.7. The number of halogens is 2. The quantitative estimate of drug-likeness (QED) is 0.590. The summed E-state index contributed by atoms with van der Waals surface area (Å²) in [6, 6.07) is 1.37. The number of hydrogen-bond acceptors (Lipinski definition) is 2. The Hall–Kier alpha value is -1.26. The third-order valence-corrected chi connectivity index (χ3v) is 2.60. The molecule has 0 bridgehead atoms. The van der Waals surface area contributed by atoms with E-state index in [0.29, 0.717) is 18.3 Å². The standard InChI is InChI=1S/C12H14Cl2N2O2/c13-6-1-3-8-15-10-5-11(17)16(12(15)18)9-4-2-7-14/h1-5,10H,6-9H2/b3-1-,4-2-. The van der Waals surface area contributed by atoms with Crippen LogP contribution in [0, 0.1) is 0 Å². The van der Waals surface area contributed by atoms with E-state index in [9.17, 15) is 9.59 Å². The minimum atomic E-state index is -0.346. The predicted molar refractivity (Wildman–Crippen MR) is 74.7 cm³/mol. The van der Waals surface area contributed by atoms with E-state index in [1.165, 1.54) is 16.8 Å². The van der Waals surface area contributed by atoms with Crippen LogP contribution in [0.2, 0.25) is 0 Å². The molecular weight excluding hydrogens is 275 g/mol. The molecule has 0 N–H and O–H groups in total. The molecular formula is C12H14Cl2N2O2. The van der Waals surface area contributed by atoms with Crippen molar-refractivity contribution in [3.63, 3.8) is 0 Å². The van der Waals surface area contributed by atoms with Gasteiger partial charge in [-0.1, -0.05) is 24.3 Å². The van der Waals surface area contributed by atoms with Crippen LogP contribution in [0.1, 0.15) is 0 Å². The van der Waals surface area contributed by atoms with Crippen LogP contribution in [0.25, 0.3) is 0 Å². The summed E-state index contributed by atoms with van der Waals surface area (Å²) in [7, 11) is 0. The molecule has 4 nitrogen and oxygen atoms in total. The van der Waals surface area contributed by atoms with E-state index in [0.717, 1.165) is 4.57 Å². The van der Waals surface area contributed by atoms with Crippen LogP contribution in [-0.4, -0.2) is 20.9 Å². The van der Waals surface area contributed by atoms with Crippen molar-refractivity contribution in [1.82, 2.24) is 9.13 Å². The first-order valence-electron chi connectivity index (χ1n) is 5.43. The molecule has 1 heterocycles. The molecule has 0 spiro atoms. The van der Waals surface area contributed by atoms with Crippen LogP contribution >= 0.6 is 23.2 Å². The second-order valence-electron chi connectivity index (χ2n) is 3.45.